The van der Waals surface area contributed by atoms with Crippen LogP contribution in [0.1, 0.15) is 71.0 Å². The third-order valence-corrected chi connectivity index (χ3v) is 11.7. The number of nitrogens with zero attached hydrogens (tertiary/aromatic N) is 5. The molecule has 4 aliphatic rings. The molecule has 0 saturated carbocycles. The number of fused-ring (bicyclic) bond motifs is 1. The summed E-state index contributed by atoms with van der Waals surface area (Å²) in [6, 6.07) is 15.5. The molecule has 7 nitrogen and oxygen atoms in total. The van der Waals surface area contributed by atoms with Gasteiger partial charge in [-0.15, -0.1) is 0 Å². The quantitative estimate of drug-likeness (QED) is 0.327. The molecule has 4 heterocycles. The van der Waals surface area contributed by atoms with Gasteiger partial charge in [-0.25, -0.2) is 4.99 Å². The Labute approximate surface area is 281 Å². The molecule has 0 spiro atoms. The van der Waals surface area contributed by atoms with Crippen LogP contribution in [0.3, 0.4) is 0 Å². The van der Waals surface area contributed by atoms with Crippen molar-refractivity contribution in [3.8, 4) is 0 Å². The molecular weight excluding hydrogens is 625 g/mol. The van der Waals surface area contributed by atoms with Crippen LogP contribution in [-0.2, 0) is 15.1 Å². The van der Waals surface area contributed by atoms with Gasteiger partial charge >= 0.3 is 0 Å². The highest BCUT2D eigenvalue weighted by Gasteiger charge is 2.54. The van der Waals surface area contributed by atoms with E-state index in [1.165, 1.54) is 11.8 Å². The minimum atomic E-state index is -0.633. The number of likely N-dealkylation sites (N-methyl/N-ethyl adjacent to an activating group) is 1. The highest BCUT2D eigenvalue weighted by atomic mass is 35.5. The third-order valence-electron chi connectivity index (χ3n) is 10.1. The molecule has 6 rings (SSSR count). The van der Waals surface area contributed by atoms with Gasteiger partial charge in [-0.2, -0.15) is 0 Å². The number of carbonyl (C=O) groups excluding carboxylic acids is 2. The van der Waals surface area contributed by atoms with Crippen molar-refractivity contribution < 1.29 is 9.59 Å². The van der Waals surface area contributed by atoms with Gasteiger partial charge in [0, 0.05) is 47.5 Å². The van der Waals surface area contributed by atoms with Gasteiger partial charge in [0.2, 0.25) is 5.91 Å². The summed E-state index contributed by atoms with van der Waals surface area (Å²) in [5.41, 5.74) is 2.43. The zero-order chi connectivity index (χ0) is 32.2. The number of likely N-dealkylation sites (tertiary alicyclic amines) is 1. The summed E-state index contributed by atoms with van der Waals surface area (Å²) in [4.78, 5) is 43.2. The number of halogens is 2. The normalized spacial score (nSPS) is 28.7. The number of amidine groups is 1. The van der Waals surface area contributed by atoms with Crippen molar-refractivity contribution >= 4 is 51.9 Å². The minimum Gasteiger partial charge on any atom is -0.338 e. The second-order valence-corrected chi connectivity index (χ2v) is 15.2. The standard InChI is InChI=1S/C35H43Cl2N5O2S/c1-7-27-20-40(19-18-39(27)6)32(43)28-17-8-22(4)41(28)33(44)30-29(21(2)3)42-31(23-9-13-25(36)14-10-23)35(5,38-34(42)45-30)24-11-15-26(37)16-12-24/h9-16,21-22,27-28,31H,7-8,17-20H2,1-6H3/t22-,27-,28+,31-,35+/m1/s1. The monoisotopic (exact) mass is 667 g/mol. The molecule has 2 aromatic rings. The van der Waals surface area contributed by atoms with Crippen LogP contribution in [-0.4, -0.2) is 81.4 Å². The molecule has 2 amide bonds. The molecule has 45 heavy (non-hydrogen) atoms. The van der Waals surface area contributed by atoms with Crippen LogP contribution in [0.5, 0.6) is 0 Å². The first-order valence-corrected chi connectivity index (χ1v) is 17.7. The van der Waals surface area contributed by atoms with E-state index in [2.05, 4.69) is 63.6 Å². The highest BCUT2D eigenvalue weighted by molar-refractivity contribution is 8.18. The topological polar surface area (TPSA) is 59.5 Å². The number of aliphatic imine (C=N–C) groups is 1. The number of amides is 2. The van der Waals surface area contributed by atoms with E-state index in [9.17, 15) is 9.59 Å². The Morgan fingerprint density at radius 1 is 1.02 bits per heavy atom. The Morgan fingerprint density at radius 3 is 2.29 bits per heavy atom. The maximum atomic E-state index is 14.7. The second-order valence-electron chi connectivity index (χ2n) is 13.3. The number of allylic oxidation sites excluding steroid dienone is 1. The third kappa shape index (κ3) is 5.70. The molecule has 2 aromatic carbocycles. The van der Waals surface area contributed by atoms with Gasteiger partial charge in [0.05, 0.1) is 6.04 Å². The summed E-state index contributed by atoms with van der Waals surface area (Å²) in [6.45, 7) is 12.9. The number of hydrogen-bond acceptors (Lipinski definition) is 6. The van der Waals surface area contributed by atoms with Gasteiger partial charge in [-0.1, -0.05) is 68.2 Å². The fourth-order valence-electron chi connectivity index (χ4n) is 7.55. The fraction of sp³-hybridized carbons (Fsp3) is 0.514. The molecule has 0 radical (unpaired) electrons. The van der Waals surface area contributed by atoms with Crippen molar-refractivity contribution in [1.29, 1.82) is 0 Å². The van der Waals surface area contributed by atoms with Crippen LogP contribution in [0.15, 0.2) is 64.1 Å². The van der Waals surface area contributed by atoms with Gasteiger partial charge in [-0.05, 0) is 93.2 Å². The Bertz CT molecular complexity index is 1530. The lowest BCUT2D eigenvalue weighted by Crippen LogP contribution is -2.57. The Kier molecular flexibility index (Phi) is 9.07. The summed E-state index contributed by atoms with van der Waals surface area (Å²) in [6.07, 6.45) is 2.50. The molecule has 5 atom stereocenters. The molecule has 240 valence electrons. The predicted octanol–water partition coefficient (Wildman–Crippen LogP) is 7.17. The largest absolute Gasteiger partial charge is 0.338 e. The first-order chi connectivity index (χ1) is 21.4. The first kappa shape index (κ1) is 32.4. The maximum Gasteiger partial charge on any atom is 0.263 e. The second kappa shape index (κ2) is 12.6. The van der Waals surface area contributed by atoms with Gasteiger partial charge < -0.3 is 14.7 Å². The summed E-state index contributed by atoms with van der Waals surface area (Å²) < 4.78 is 0. The summed E-state index contributed by atoms with van der Waals surface area (Å²) in [5.74, 6) is 0.0658. The summed E-state index contributed by atoms with van der Waals surface area (Å²) >= 11 is 14.1. The molecule has 4 aliphatic heterocycles. The van der Waals surface area contributed by atoms with E-state index in [1.54, 1.807) is 0 Å². The van der Waals surface area contributed by atoms with E-state index in [-0.39, 0.29) is 29.8 Å². The fourth-order valence-corrected chi connectivity index (χ4v) is 9.15. The average Bonchev–Trinajstić information content (AvgIpc) is 3.67. The van der Waals surface area contributed by atoms with Gasteiger partial charge in [0.1, 0.15) is 16.5 Å². The van der Waals surface area contributed by atoms with Crippen molar-refractivity contribution in [2.45, 2.75) is 83.6 Å². The van der Waals surface area contributed by atoms with Crippen molar-refractivity contribution in [3.63, 3.8) is 0 Å². The number of hydrogen-bond donors (Lipinski definition) is 0. The molecule has 10 heteroatoms. The highest BCUT2D eigenvalue weighted by Crippen LogP contribution is 2.56. The van der Waals surface area contributed by atoms with E-state index in [0.29, 0.717) is 40.5 Å². The van der Waals surface area contributed by atoms with E-state index in [0.717, 1.165) is 41.4 Å². The zero-order valence-corrected chi connectivity index (χ0v) is 29.3. The van der Waals surface area contributed by atoms with E-state index >= 15 is 0 Å². The lowest BCUT2D eigenvalue weighted by Gasteiger charge is -2.41. The van der Waals surface area contributed by atoms with E-state index < -0.39 is 11.6 Å². The maximum absolute atomic E-state index is 14.7. The molecular formula is C35H43Cl2N5O2S. The molecule has 0 aromatic heterocycles. The van der Waals surface area contributed by atoms with Crippen LogP contribution >= 0.6 is 35.0 Å². The van der Waals surface area contributed by atoms with E-state index in [1.807, 2.05) is 46.2 Å². The number of thioether (sulfide) groups is 1. The molecule has 2 saturated heterocycles. The van der Waals surface area contributed by atoms with Gasteiger partial charge in [0.25, 0.3) is 5.91 Å². The molecule has 0 unspecified atom stereocenters. The van der Waals surface area contributed by atoms with Crippen LogP contribution in [0.25, 0.3) is 0 Å². The Hall–Kier alpha value is -2.52. The van der Waals surface area contributed by atoms with Crippen molar-refractivity contribution in [3.05, 3.63) is 80.3 Å². The van der Waals surface area contributed by atoms with Gasteiger partial charge in [0.15, 0.2) is 5.17 Å². The van der Waals surface area contributed by atoms with Gasteiger partial charge in [-0.3, -0.25) is 14.5 Å². The predicted molar refractivity (Wildman–Crippen MR) is 184 cm³/mol. The van der Waals surface area contributed by atoms with Crippen molar-refractivity contribution in [2.75, 3.05) is 26.7 Å². The van der Waals surface area contributed by atoms with E-state index in [4.69, 9.17) is 28.2 Å². The molecule has 0 bridgehead atoms. The number of piperazine rings is 1. The Morgan fingerprint density at radius 2 is 1.67 bits per heavy atom. The van der Waals surface area contributed by atoms with Crippen molar-refractivity contribution in [2.24, 2.45) is 10.9 Å². The molecule has 0 aliphatic carbocycles. The van der Waals surface area contributed by atoms with Crippen molar-refractivity contribution in [1.82, 2.24) is 19.6 Å². The minimum absolute atomic E-state index is 0.0221. The lowest BCUT2D eigenvalue weighted by molar-refractivity contribution is -0.145. The SMILES string of the molecule is CC[C@@H]1CN(C(=O)[C@@H]2CC[C@@H](C)N2C(=O)C2=C(C(C)C)N3C(=N[C@@](C)(c4ccc(Cl)cc4)[C@H]3c3ccc(Cl)cc3)S2)CCN1C. The number of benzene rings is 2. The number of rotatable bonds is 6. The summed E-state index contributed by atoms with van der Waals surface area (Å²) in [7, 11) is 2.13. The zero-order valence-electron chi connectivity index (χ0n) is 27.0. The van der Waals surface area contributed by atoms with Crippen LogP contribution in [0, 0.1) is 5.92 Å². The molecule has 0 N–H and O–H groups in total. The Balaban J connectivity index is 1.37. The first-order valence-electron chi connectivity index (χ1n) is 16.1. The molecule has 2 fully saturated rings. The van der Waals surface area contributed by atoms with Crippen LogP contribution < -0.4 is 0 Å². The number of carbonyl (C=O) groups is 2. The summed E-state index contributed by atoms with van der Waals surface area (Å²) in [5, 5.41) is 2.15. The van der Waals surface area contributed by atoms with Crippen LogP contribution in [0.2, 0.25) is 10.0 Å². The average molecular weight is 669 g/mol. The van der Waals surface area contributed by atoms with Crippen LogP contribution in [0.4, 0.5) is 0 Å². The smallest absolute Gasteiger partial charge is 0.263 e. The lowest BCUT2D eigenvalue weighted by atomic mass is 9.81.